The van der Waals surface area contributed by atoms with Crippen LogP contribution in [0.15, 0.2) is 60.8 Å². The molecule has 64 heavy (non-hydrogen) atoms. The van der Waals surface area contributed by atoms with Gasteiger partial charge in [-0.25, -0.2) is 0 Å². The van der Waals surface area contributed by atoms with Crippen molar-refractivity contribution in [1.29, 1.82) is 0 Å². The maximum Gasteiger partial charge on any atom is 0.306 e. The van der Waals surface area contributed by atoms with Crippen LogP contribution in [0.1, 0.15) is 271 Å². The van der Waals surface area contributed by atoms with Crippen LogP contribution in [0.3, 0.4) is 0 Å². The van der Waals surface area contributed by atoms with Crippen molar-refractivity contribution in [3.05, 3.63) is 60.8 Å². The fraction of sp³-hybridized carbons (Fsp3) is 0.776. The van der Waals surface area contributed by atoms with Crippen LogP contribution in [-0.2, 0) is 28.6 Å². The van der Waals surface area contributed by atoms with E-state index in [0.717, 1.165) is 96.3 Å². The van der Waals surface area contributed by atoms with E-state index in [4.69, 9.17) is 14.2 Å². The molecule has 0 aromatic heterocycles. The maximum absolute atomic E-state index is 12.8. The summed E-state index contributed by atoms with van der Waals surface area (Å²) in [5.41, 5.74) is 0. The van der Waals surface area contributed by atoms with E-state index in [2.05, 4.69) is 81.5 Å². The van der Waals surface area contributed by atoms with Crippen LogP contribution in [0.4, 0.5) is 0 Å². The van der Waals surface area contributed by atoms with Crippen LogP contribution in [-0.4, -0.2) is 37.2 Å². The quantitative estimate of drug-likeness (QED) is 0.0262. The van der Waals surface area contributed by atoms with Crippen molar-refractivity contribution in [3.63, 3.8) is 0 Å². The van der Waals surface area contributed by atoms with Gasteiger partial charge in [-0.2, -0.15) is 0 Å². The number of unbranched alkanes of at least 4 members (excludes halogenated alkanes) is 28. The summed E-state index contributed by atoms with van der Waals surface area (Å²) in [6.07, 6.45) is 64.8. The van der Waals surface area contributed by atoms with E-state index in [1.165, 1.54) is 135 Å². The molecule has 0 rings (SSSR count). The Morgan fingerprint density at radius 3 is 0.938 bits per heavy atom. The standard InChI is InChI=1S/C58H102O6/c1-4-7-10-13-16-19-22-25-27-28-29-30-31-34-36-39-42-45-48-51-57(60)63-54-55(53-62-56(59)50-47-44-41-38-35-32-24-21-18-15-12-9-6-3)64-58(61)52-49-46-43-40-37-33-26-23-20-17-14-11-8-5-2/h16,19,23,25-27,29-30,34,36,55H,4-15,17-18,20-22,24,28,31-33,35,37-54H2,1-3H3/b19-16+,26-23+,27-25+,30-29+,36-34+/t55-/m1/s1. The van der Waals surface area contributed by atoms with Gasteiger partial charge in [-0.1, -0.05) is 223 Å². The molecule has 0 aliphatic carbocycles. The predicted octanol–water partition coefficient (Wildman–Crippen LogP) is 18.0. The van der Waals surface area contributed by atoms with Gasteiger partial charge in [0.15, 0.2) is 6.10 Å². The molecule has 0 heterocycles. The summed E-state index contributed by atoms with van der Waals surface area (Å²) in [7, 11) is 0. The molecule has 0 bridgehead atoms. The fourth-order valence-corrected chi connectivity index (χ4v) is 7.60. The minimum absolute atomic E-state index is 0.0857. The third-order valence-corrected chi connectivity index (χ3v) is 11.7. The van der Waals surface area contributed by atoms with Crippen LogP contribution in [0, 0.1) is 0 Å². The van der Waals surface area contributed by atoms with Crippen LogP contribution in [0.25, 0.3) is 0 Å². The first-order chi connectivity index (χ1) is 31.5. The SMILES string of the molecule is CCCCC/C=C/C/C=C/C/C=C/C/C=C/CCCCCC(=O)OC[C@@H](COC(=O)CCCCCCCCCCCCCCC)OC(=O)CCCCCCC/C=C/CCCCCCC. The van der Waals surface area contributed by atoms with E-state index in [0.29, 0.717) is 19.3 Å². The molecule has 0 unspecified atom stereocenters. The average molecular weight is 895 g/mol. The van der Waals surface area contributed by atoms with Gasteiger partial charge < -0.3 is 14.2 Å². The number of hydrogen-bond acceptors (Lipinski definition) is 6. The van der Waals surface area contributed by atoms with Crippen molar-refractivity contribution in [2.24, 2.45) is 0 Å². The van der Waals surface area contributed by atoms with Crippen LogP contribution in [0.5, 0.6) is 0 Å². The molecular formula is C58H102O6. The van der Waals surface area contributed by atoms with E-state index in [9.17, 15) is 14.4 Å². The Morgan fingerprint density at radius 1 is 0.312 bits per heavy atom. The lowest BCUT2D eigenvalue weighted by Gasteiger charge is -2.18. The zero-order valence-electron chi connectivity index (χ0n) is 42.3. The third-order valence-electron chi connectivity index (χ3n) is 11.7. The van der Waals surface area contributed by atoms with Gasteiger partial charge in [0, 0.05) is 19.3 Å². The number of esters is 3. The molecule has 0 aliphatic rings. The molecule has 0 amide bonds. The molecule has 0 N–H and O–H groups in total. The molecule has 0 saturated heterocycles. The highest BCUT2D eigenvalue weighted by atomic mass is 16.6. The summed E-state index contributed by atoms with van der Waals surface area (Å²) < 4.78 is 16.8. The maximum atomic E-state index is 12.8. The van der Waals surface area contributed by atoms with E-state index in [-0.39, 0.29) is 31.1 Å². The largest absolute Gasteiger partial charge is 0.462 e. The van der Waals surface area contributed by atoms with Crippen molar-refractivity contribution >= 4 is 17.9 Å². The zero-order valence-corrected chi connectivity index (χ0v) is 42.3. The molecule has 6 nitrogen and oxygen atoms in total. The molecule has 0 saturated carbocycles. The van der Waals surface area contributed by atoms with Gasteiger partial charge in [0.2, 0.25) is 0 Å². The summed E-state index contributed by atoms with van der Waals surface area (Å²) in [4.78, 5) is 38.0. The monoisotopic (exact) mass is 895 g/mol. The van der Waals surface area contributed by atoms with Gasteiger partial charge in [-0.3, -0.25) is 14.4 Å². The molecule has 370 valence electrons. The van der Waals surface area contributed by atoms with E-state index < -0.39 is 6.10 Å². The second kappa shape index (κ2) is 52.7. The highest BCUT2D eigenvalue weighted by Crippen LogP contribution is 2.15. The minimum atomic E-state index is -0.789. The summed E-state index contributed by atoms with van der Waals surface area (Å²) >= 11 is 0. The Morgan fingerprint density at radius 2 is 0.562 bits per heavy atom. The molecule has 0 radical (unpaired) electrons. The van der Waals surface area contributed by atoms with Gasteiger partial charge in [0.1, 0.15) is 13.2 Å². The Labute approximate surface area is 396 Å². The number of carbonyl (C=O) groups is 3. The molecule has 1 atom stereocenters. The molecule has 6 heteroatoms. The topological polar surface area (TPSA) is 78.9 Å². The molecule has 0 aliphatic heterocycles. The second-order valence-electron chi connectivity index (χ2n) is 18.1. The third kappa shape index (κ3) is 50.1. The fourth-order valence-electron chi connectivity index (χ4n) is 7.60. The summed E-state index contributed by atoms with van der Waals surface area (Å²) in [6.45, 7) is 6.58. The molecule has 0 fully saturated rings. The Hall–Kier alpha value is -2.89. The molecular weight excluding hydrogens is 793 g/mol. The van der Waals surface area contributed by atoms with Crippen LogP contribution in [0.2, 0.25) is 0 Å². The van der Waals surface area contributed by atoms with E-state index in [1.807, 2.05) is 0 Å². The predicted molar refractivity (Wildman–Crippen MR) is 275 cm³/mol. The number of ether oxygens (including phenoxy) is 3. The first-order valence-corrected chi connectivity index (χ1v) is 27.3. The smallest absolute Gasteiger partial charge is 0.306 e. The van der Waals surface area contributed by atoms with Crippen molar-refractivity contribution in [1.82, 2.24) is 0 Å². The molecule has 0 spiro atoms. The van der Waals surface area contributed by atoms with Crippen molar-refractivity contribution < 1.29 is 28.6 Å². The van der Waals surface area contributed by atoms with Gasteiger partial charge in [-0.05, 0) is 89.9 Å². The normalized spacial score (nSPS) is 12.5. The first kappa shape index (κ1) is 61.1. The van der Waals surface area contributed by atoms with E-state index in [1.54, 1.807) is 0 Å². The average Bonchev–Trinajstić information content (AvgIpc) is 3.29. The number of rotatable bonds is 49. The first-order valence-electron chi connectivity index (χ1n) is 27.3. The van der Waals surface area contributed by atoms with Crippen molar-refractivity contribution in [2.75, 3.05) is 13.2 Å². The lowest BCUT2D eigenvalue weighted by atomic mass is 10.0. The van der Waals surface area contributed by atoms with Gasteiger partial charge in [0.05, 0.1) is 0 Å². The van der Waals surface area contributed by atoms with Crippen molar-refractivity contribution in [2.45, 2.75) is 277 Å². The highest BCUT2D eigenvalue weighted by Gasteiger charge is 2.19. The summed E-state index contributed by atoms with van der Waals surface area (Å²) in [5.74, 6) is -0.919. The van der Waals surface area contributed by atoms with E-state index >= 15 is 0 Å². The Kier molecular flexibility index (Phi) is 50.4. The Balaban J connectivity index is 4.42. The van der Waals surface area contributed by atoms with Gasteiger partial charge >= 0.3 is 17.9 Å². The van der Waals surface area contributed by atoms with Crippen molar-refractivity contribution in [3.8, 4) is 0 Å². The molecule has 0 aromatic rings. The highest BCUT2D eigenvalue weighted by molar-refractivity contribution is 5.71. The minimum Gasteiger partial charge on any atom is -0.462 e. The van der Waals surface area contributed by atoms with Gasteiger partial charge in [0.25, 0.3) is 0 Å². The molecule has 0 aromatic carbocycles. The number of carbonyl (C=O) groups excluding carboxylic acids is 3. The lowest BCUT2D eigenvalue weighted by molar-refractivity contribution is -0.167. The zero-order chi connectivity index (χ0) is 46.5. The summed E-state index contributed by atoms with van der Waals surface area (Å²) in [5, 5.41) is 0. The summed E-state index contributed by atoms with van der Waals surface area (Å²) in [6, 6.07) is 0. The van der Waals surface area contributed by atoms with Gasteiger partial charge in [-0.15, -0.1) is 0 Å². The van der Waals surface area contributed by atoms with Crippen LogP contribution >= 0.6 is 0 Å². The lowest BCUT2D eigenvalue weighted by Crippen LogP contribution is -2.30. The number of hydrogen-bond donors (Lipinski definition) is 0. The number of allylic oxidation sites excluding steroid dienone is 10. The van der Waals surface area contributed by atoms with Crippen LogP contribution < -0.4 is 0 Å². The Bertz CT molecular complexity index is 1170. The second-order valence-corrected chi connectivity index (χ2v) is 18.1.